The van der Waals surface area contributed by atoms with Crippen molar-refractivity contribution in [2.24, 2.45) is 0 Å². The van der Waals surface area contributed by atoms with Gasteiger partial charge in [-0.05, 0) is 36.6 Å². The molecule has 0 heterocycles. The normalized spacial score (nSPS) is 10.6. The van der Waals surface area contributed by atoms with Gasteiger partial charge in [-0.25, -0.2) is 0 Å². The summed E-state index contributed by atoms with van der Waals surface area (Å²) in [6, 6.07) is 15.0. The molecule has 0 amide bonds. The zero-order valence-corrected chi connectivity index (χ0v) is 13.0. The van der Waals surface area contributed by atoms with Crippen molar-refractivity contribution in [3.8, 4) is 0 Å². The number of hydrogen-bond acceptors (Lipinski definition) is 2. The summed E-state index contributed by atoms with van der Waals surface area (Å²) in [6.07, 6.45) is 1.81. The highest BCUT2D eigenvalue weighted by atomic mass is 35.5. The summed E-state index contributed by atoms with van der Waals surface area (Å²) in [7, 11) is 0. The monoisotopic (exact) mass is 322 g/mol. The quantitative estimate of drug-likeness (QED) is 0.539. The molecule has 2 rings (SSSR count). The number of ketones is 1. The summed E-state index contributed by atoms with van der Waals surface area (Å²) in [5.74, 6) is -0.151. The Kier molecular flexibility index (Phi) is 6.24. The fourth-order valence-electron chi connectivity index (χ4n) is 1.98. The fourth-order valence-corrected chi connectivity index (χ4v) is 2.37. The van der Waals surface area contributed by atoms with Crippen LogP contribution in [0.15, 0.2) is 48.5 Å². The second-order valence-electron chi connectivity index (χ2n) is 4.69. The van der Waals surface area contributed by atoms with Gasteiger partial charge in [0.2, 0.25) is 0 Å². The Hall–Kier alpha value is -1.35. The van der Waals surface area contributed by atoms with Crippen LogP contribution >= 0.6 is 23.2 Å². The van der Waals surface area contributed by atoms with Gasteiger partial charge in [0.15, 0.2) is 5.78 Å². The first-order valence-electron chi connectivity index (χ1n) is 6.77. The van der Waals surface area contributed by atoms with Gasteiger partial charge in [-0.1, -0.05) is 53.5 Å². The number of ether oxygens (including phenoxy) is 1. The second-order valence-corrected chi connectivity index (χ2v) is 5.53. The van der Waals surface area contributed by atoms with Gasteiger partial charge in [0.25, 0.3) is 0 Å². The van der Waals surface area contributed by atoms with E-state index >= 15 is 0 Å². The first-order chi connectivity index (χ1) is 10.2. The predicted molar refractivity (Wildman–Crippen MR) is 86.4 cm³/mol. The number of benzene rings is 2. The molecule has 2 aromatic rings. The van der Waals surface area contributed by atoms with E-state index in [1.165, 1.54) is 5.56 Å². The number of carbonyl (C=O) groups excluding carboxylic acids is 1. The molecule has 0 unspecified atom stereocenters. The van der Waals surface area contributed by atoms with Crippen molar-refractivity contribution >= 4 is 29.0 Å². The standard InChI is InChI=1S/C17H16Cl2O2/c18-14-8-9-16(19)15(11-14)17(20)12-21-10-4-7-13-5-2-1-3-6-13/h1-3,5-6,8-9,11H,4,7,10,12H2. The van der Waals surface area contributed by atoms with Crippen molar-refractivity contribution in [1.29, 1.82) is 0 Å². The summed E-state index contributed by atoms with van der Waals surface area (Å²) < 4.78 is 5.42. The van der Waals surface area contributed by atoms with Crippen LogP contribution in [0.5, 0.6) is 0 Å². The Morgan fingerprint density at radius 3 is 2.57 bits per heavy atom. The molecule has 0 spiro atoms. The lowest BCUT2D eigenvalue weighted by Crippen LogP contribution is -2.10. The Labute approximate surface area is 134 Å². The molecule has 0 saturated heterocycles. The maximum atomic E-state index is 12.0. The van der Waals surface area contributed by atoms with Gasteiger partial charge in [0.1, 0.15) is 6.61 Å². The number of hydrogen-bond donors (Lipinski definition) is 0. The summed E-state index contributed by atoms with van der Waals surface area (Å²) in [5, 5.41) is 0.893. The minimum Gasteiger partial charge on any atom is -0.373 e. The third kappa shape index (κ3) is 5.16. The predicted octanol–water partition coefficient (Wildman–Crippen LogP) is 4.83. The largest absolute Gasteiger partial charge is 0.373 e. The molecule has 0 atom stereocenters. The topological polar surface area (TPSA) is 26.3 Å². The van der Waals surface area contributed by atoms with Crippen molar-refractivity contribution in [3.63, 3.8) is 0 Å². The van der Waals surface area contributed by atoms with Crippen LogP contribution in [0.2, 0.25) is 10.0 Å². The number of aryl methyl sites for hydroxylation is 1. The molecule has 0 aromatic heterocycles. The summed E-state index contributed by atoms with van der Waals surface area (Å²) in [6.45, 7) is 0.563. The lowest BCUT2D eigenvalue weighted by Gasteiger charge is -2.06. The highest BCUT2D eigenvalue weighted by molar-refractivity contribution is 6.35. The van der Waals surface area contributed by atoms with Crippen molar-refractivity contribution in [1.82, 2.24) is 0 Å². The lowest BCUT2D eigenvalue weighted by atomic mass is 10.1. The van der Waals surface area contributed by atoms with Crippen molar-refractivity contribution in [2.45, 2.75) is 12.8 Å². The maximum Gasteiger partial charge on any atom is 0.190 e. The zero-order valence-electron chi connectivity index (χ0n) is 11.5. The van der Waals surface area contributed by atoms with Crippen LogP contribution in [0.3, 0.4) is 0 Å². The van der Waals surface area contributed by atoms with Crippen molar-refractivity contribution in [2.75, 3.05) is 13.2 Å². The molecule has 0 saturated carbocycles. The maximum absolute atomic E-state index is 12.0. The van der Waals surface area contributed by atoms with Crippen LogP contribution in [0.4, 0.5) is 0 Å². The average molecular weight is 323 g/mol. The summed E-state index contributed by atoms with van der Waals surface area (Å²) in [5.41, 5.74) is 1.68. The van der Waals surface area contributed by atoms with Crippen LogP contribution in [0.25, 0.3) is 0 Å². The number of halogens is 2. The second kappa shape index (κ2) is 8.18. The molecule has 0 aliphatic carbocycles. The highest BCUT2D eigenvalue weighted by Gasteiger charge is 2.11. The van der Waals surface area contributed by atoms with E-state index in [2.05, 4.69) is 12.1 Å². The average Bonchev–Trinajstić information content (AvgIpc) is 2.50. The van der Waals surface area contributed by atoms with Crippen molar-refractivity contribution < 1.29 is 9.53 Å². The lowest BCUT2D eigenvalue weighted by molar-refractivity contribution is 0.0756. The Balaban J connectivity index is 1.73. The molecular weight excluding hydrogens is 307 g/mol. The fraction of sp³-hybridized carbons (Fsp3) is 0.235. The van der Waals surface area contributed by atoms with E-state index < -0.39 is 0 Å². The molecule has 21 heavy (non-hydrogen) atoms. The van der Waals surface area contributed by atoms with Crippen molar-refractivity contribution in [3.05, 3.63) is 69.7 Å². The molecular formula is C17H16Cl2O2. The minimum absolute atomic E-state index is 0.0227. The van der Waals surface area contributed by atoms with Crippen LogP contribution in [0.1, 0.15) is 22.3 Å². The molecule has 0 aliphatic rings. The zero-order chi connectivity index (χ0) is 15.1. The number of carbonyl (C=O) groups is 1. The molecule has 4 heteroatoms. The Bertz CT molecular complexity index is 597. The van der Waals surface area contributed by atoms with Crippen LogP contribution in [-0.2, 0) is 11.2 Å². The van der Waals surface area contributed by atoms with E-state index in [9.17, 15) is 4.79 Å². The molecule has 110 valence electrons. The van der Waals surface area contributed by atoms with E-state index in [1.807, 2.05) is 18.2 Å². The van der Waals surface area contributed by atoms with Gasteiger partial charge < -0.3 is 4.74 Å². The van der Waals surface area contributed by atoms with E-state index in [1.54, 1.807) is 18.2 Å². The summed E-state index contributed by atoms with van der Waals surface area (Å²) in [4.78, 5) is 12.0. The Morgan fingerprint density at radius 1 is 1.05 bits per heavy atom. The first-order valence-corrected chi connectivity index (χ1v) is 7.52. The molecule has 0 radical (unpaired) electrons. The van der Waals surface area contributed by atoms with E-state index in [4.69, 9.17) is 27.9 Å². The third-order valence-corrected chi connectivity index (χ3v) is 3.62. The molecule has 2 nitrogen and oxygen atoms in total. The Morgan fingerprint density at radius 2 is 1.81 bits per heavy atom. The SMILES string of the molecule is O=C(COCCCc1ccccc1)c1cc(Cl)ccc1Cl. The van der Waals surface area contributed by atoms with Crippen LogP contribution in [-0.4, -0.2) is 19.0 Å². The van der Waals surface area contributed by atoms with E-state index in [0.29, 0.717) is 22.2 Å². The molecule has 2 aromatic carbocycles. The van der Waals surface area contributed by atoms with Gasteiger partial charge in [0, 0.05) is 17.2 Å². The van der Waals surface area contributed by atoms with Gasteiger partial charge in [-0.15, -0.1) is 0 Å². The van der Waals surface area contributed by atoms with Gasteiger partial charge in [-0.2, -0.15) is 0 Å². The van der Waals surface area contributed by atoms with Crippen LogP contribution < -0.4 is 0 Å². The van der Waals surface area contributed by atoms with E-state index in [-0.39, 0.29) is 12.4 Å². The highest BCUT2D eigenvalue weighted by Crippen LogP contribution is 2.21. The third-order valence-electron chi connectivity index (χ3n) is 3.06. The molecule has 0 N–H and O–H groups in total. The minimum atomic E-state index is -0.151. The van der Waals surface area contributed by atoms with Gasteiger partial charge in [0.05, 0.1) is 5.02 Å². The van der Waals surface area contributed by atoms with Gasteiger partial charge in [-0.3, -0.25) is 4.79 Å². The number of rotatable bonds is 7. The number of Topliss-reactive ketones (excluding diaryl/α,β-unsaturated/α-hetero) is 1. The molecule has 0 aliphatic heterocycles. The van der Waals surface area contributed by atoms with Crippen LogP contribution in [0, 0.1) is 0 Å². The van der Waals surface area contributed by atoms with E-state index in [0.717, 1.165) is 12.8 Å². The smallest absolute Gasteiger partial charge is 0.190 e. The summed E-state index contributed by atoms with van der Waals surface area (Å²) >= 11 is 11.8. The molecule has 0 bridgehead atoms. The molecule has 0 fully saturated rings. The van der Waals surface area contributed by atoms with Gasteiger partial charge >= 0.3 is 0 Å². The first kappa shape index (κ1) is 16.0.